The molecule has 1 saturated heterocycles. The van der Waals surface area contributed by atoms with Gasteiger partial charge >= 0.3 is 0 Å². The van der Waals surface area contributed by atoms with Crippen LogP contribution in [0.3, 0.4) is 0 Å². The van der Waals surface area contributed by atoms with Crippen molar-refractivity contribution in [3.8, 4) is 11.6 Å². The molecule has 0 radical (unpaired) electrons. The fraction of sp³-hybridized carbons (Fsp3) is 0.433. The van der Waals surface area contributed by atoms with Crippen LogP contribution >= 0.6 is 0 Å². The molecule has 5 rings (SSSR count). The Morgan fingerprint density at radius 3 is 2.33 bits per heavy atom. The number of likely N-dealkylation sites (tertiary alicyclic amines) is 1. The summed E-state index contributed by atoms with van der Waals surface area (Å²) in [6, 6.07) is 10.6. The van der Waals surface area contributed by atoms with E-state index in [9.17, 15) is 13.2 Å². The zero-order chi connectivity index (χ0) is 29.7. The second-order valence-electron chi connectivity index (χ2n) is 10.7. The first-order chi connectivity index (χ1) is 20.3. The van der Waals surface area contributed by atoms with Crippen molar-refractivity contribution in [1.82, 2.24) is 29.6 Å². The maximum absolute atomic E-state index is 13.2. The van der Waals surface area contributed by atoms with Crippen LogP contribution in [0.5, 0.6) is 5.88 Å². The molecule has 12 heteroatoms. The summed E-state index contributed by atoms with van der Waals surface area (Å²) in [6.45, 7) is 5.50. The summed E-state index contributed by atoms with van der Waals surface area (Å²) in [5, 5.41) is 8.59. The smallest absolute Gasteiger partial charge is 0.255 e. The quantitative estimate of drug-likeness (QED) is 0.264. The minimum absolute atomic E-state index is 0.0289. The van der Waals surface area contributed by atoms with Gasteiger partial charge in [0, 0.05) is 44.4 Å². The molecule has 4 heterocycles. The Kier molecular flexibility index (Phi) is 9.00. The molecule has 0 atom stereocenters. The van der Waals surface area contributed by atoms with Gasteiger partial charge in [-0.3, -0.25) is 4.79 Å². The number of piperidine rings is 1. The first kappa shape index (κ1) is 29.4. The fourth-order valence-corrected chi connectivity index (χ4v) is 5.89. The van der Waals surface area contributed by atoms with Gasteiger partial charge in [-0.25, -0.2) is 28.1 Å². The van der Waals surface area contributed by atoms with Crippen molar-refractivity contribution in [3.63, 3.8) is 0 Å². The lowest BCUT2D eigenvalue weighted by atomic mass is 10.1. The molecule has 1 aliphatic heterocycles. The highest BCUT2D eigenvalue weighted by molar-refractivity contribution is 7.90. The molecular weight excluding hydrogens is 554 g/mol. The monoisotopic (exact) mass is 591 g/mol. The van der Waals surface area contributed by atoms with Crippen molar-refractivity contribution in [1.29, 1.82) is 0 Å². The Hall–Kier alpha value is -4.06. The Bertz CT molecular complexity index is 1610. The molecule has 222 valence electrons. The number of sulfone groups is 1. The van der Waals surface area contributed by atoms with E-state index in [2.05, 4.69) is 39.2 Å². The summed E-state index contributed by atoms with van der Waals surface area (Å²) in [5.41, 5.74) is 1.81. The molecule has 42 heavy (non-hydrogen) atoms. The number of aromatic nitrogens is 5. The van der Waals surface area contributed by atoms with Crippen LogP contribution < -0.4 is 10.1 Å². The maximum Gasteiger partial charge on any atom is 0.255 e. The van der Waals surface area contributed by atoms with Gasteiger partial charge in [-0.1, -0.05) is 26.7 Å². The Morgan fingerprint density at radius 2 is 1.71 bits per heavy atom. The lowest BCUT2D eigenvalue weighted by Gasteiger charge is -2.32. The molecular formula is C30H37N7O4S. The normalized spacial score (nSPS) is 14.4. The number of nitrogens with one attached hydrogen (secondary N) is 1. The second-order valence-corrected chi connectivity index (χ2v) is 12.7. The zero-order valence-corrected chi connectivity index (χ0v) is 25.0. The van der Waals surface area contributed by atoms with Crippen molar-refractivity contribution < 1.29 is 17.9 Å². The van der Waals surface area contributed by atoms with Crippen molar-refractivity contribution >= 4 is 32.6 Å². The summed E-state index contributed by atoms with van der Waals surface area (Å²) in [6.07, 6.45) is 11.5. The highest BCUT2D eigenvalue weighted by Gasteiger charge is 2.26. The third-order valence-electron chi connectivity index (χ3n) is 7.48. The number of ether oxygens (including phenoxy) is 1. The molecule has 1 N–H and O–H groups in total. The van der Waals surface area contributed by atoms with E-state index in [-0.39, 0.29) is 16.9 Å². The third-order valence-corrected chi connectivity index (χ3v) is 8.61. The predicted octanol–water partition coefficient (Wildman–Crippen LogP) is 4.68. The van der Waals surface area contributed by atoms with E-state index in [4.69, 9.17) is 4.74 Å². The van der Waals surface area contributed by atoms with Crippen molar-refractivity contribution in [3.05, 3.63) is 60.7 Å². The van der Waals surface area contributed by atoms with Gasteiger partial charge in [0.05, 0.1) is 22.3 Å². The van der Waals surface area contributed by atoms with Gasteiger partial charge < -0.3 is 15.0 Å². The summed E-state index contributed by atoms with van der Waals surface area (Å²) < 4.78 is 31.5. The van der Waals surface area contributed by atoms with Gasteiger partial charge in [-0.2, -0.15) is 5.10 Å². The second kappa shape index (κ2) is 12.8. The van der Waals surface area contributed by atoms with Gasteiger partial charge in [0.2, 0.25) is 5.88 Å². The highest BCUT2D eigenvalue weighted by Crippen LogP contribution is 2.27. The minimum atomic E-state index is -3.29. The van der Waals surface area contributed by atoms with E-state index in [1.165, 1.54) is 12.6 Å². The molecule has 0 aliphatic carbocycles. The van der Waals surface area contributed by atoms with Crippen molar-refractivity contribution in [2.75, 3.05) is 24.7 Å². The van der Waals surface area contributed by atoms with E-state index in [0.29, 0.717) is 60.1 Å². The van der Waals surface area contributed by atoms with Gasteiger partial charge in [0.1, 0.15) is 23.6 Å². The van der Waals surface area contributed by atoms with Crippen LogP contribution in [0.2, 0.25) is 0 Å². The molecule has 4 aromatic rings. The number of fused-ring (bicyclic) bond motifs is 1. The number of hydrogen-bond donors (Lipinski definition) is 1. The van der Waals surface area contributed by atoms with Gasteiger partial charge in [0.25, 0.3) is 5.91 Å². The molecule has 11 nitrogen and oxygen atoms in total. The number of carbonyl (C=O) groups is 1. The van der Waals surface area contributed by atoms with Crippen molar-refractivity contribution in [2.24, 2.45) is 0 Å². The molecule has 0 bridgehead atoms. The number of nitrogens with zero attached hydrogens (tertiary/aromatic N) is 6. The Balaban J connectivity index is 1.19. The highest BCUT2D eigenvalue weighted by atomic mass is 32.2. The van der Waals surface area contributed by atoms with E-state index in [1.54, 1.807) is 41.3 Å². The largest absolute Gasteiger partial charge is 0.474 e. The standard InChI is InChI=1S/C30H37N7O4S/c1-4-6-22(7-5-2)35-27-13-8-21(18-31-27)30(38)36-16-14-24(15-17-36)41-29-26-19-34-37(28(26)32-20-33-29)23-9-11-25(12-10-23)42(3,39)40/h8-13,18-20,22,24H,4-7,14-17H2,1-3H3,(H,31,35). The number of anilines is 1. The van der Waals surface area contributed by atoms with Crippen LogP contribution in [0.4, 0.5) is 5.82 Å². The minimum Gasteiger partial charge on any atom is -0.474 e. The van der Waals surface area contributed by atoms with Crippen LogP contribution in [0, 0.1) is 0 Å². The van der Waals surface area contributed by atoms with Crippen LogP contribution in [-0.2, 0) is 9.84 Å². The molecule has 1 aliphatic rings. The summed E-state index contributed by atoms with van der Waals surface area (Å²) in [4.78, 5) is 28.5. The topological polar surface area (TPSA) is 132 Å². The van der Waals surface area contributed by atoms with Crippen LogP contribution in [0.15, 0.2) is 60.0 Å². The van der Waals surface area contributed by atoms with Gasteiger partial charge in [-0.15, -0.1) is 0 Å². The van der Waals surface area contributed by atoms with Gasteiger partial charge in [-0.05, 0) is 49.2 Å². The van der Waals surface area contributed by atoms with E-state index in [0.717, 1.165) is 31.5 Å². The molecule has 0 saturated carbocycles. The first-order valence-electron chi connectivity index (χ1n) is 14.4. The van der Waals surface area contributed by atoms with Crippen LogP contribution in [0.1, 0.15) is 62.7 Å². The summed E-state index contributed by atoms with van der Waals surface area (Å²) in [7, 11) is -3.29. The number of rotatable bonds is 11. The van der Waals surface area contributed by atoms with Crippen molar-refractivity contribution in [2.45, 2.75) is 69.4 Å². The molecule has 1 amide bonds. The first-order valence-corrected chi connectivity index (χ1v) is 16.3. The molecule has 1 aromatic carbocycles. The maximum atomic E-state index is 13.2. The van der Waals surface area contributed by atoms with Crippen LogP contribution in [-0.4, -0.2) is 75.4 Å². The average molecular weight is 592 g/mol. The van der Waals surface area contributed by atoms with Crippen LogP contribution in [0.25, 0.3) is 16.7 Å². The number of amides is 1. The predicted molar refractivity (Wildman–Crippen MR) is 161 cm³/mol. The lowest BCUT2D eigenvalue weighted by Crippen LogP contribution is -2.41. The average Bonchev–Trinajstić information content (AvgIpc) is 3.43. The SMILES string of the molecule is CCCC(CCC)Nc1ccc(C(=O)N2CCC(Oc3ncnc4c3cnn4-c3ccc(S(C)(=O)=O)cc3)CC2)cn1. The zero-order valence-electron chi connectivity index (χ0n) is 24.2. The van der Waals surface area contributed by atoms with E-state index >= 15 is 0 Å². The third kappa shape index (κ3) is 6.70. The Morgan fingerprint density at radius 1 is 1.00 bits per heavy atom. The fourth-order valence-electron chi connectivity index (χ4n) is 5.26. The summed E-state index contributed by atoms with van der Waals surface area (Å²) >= 11 is 0. The van der Waals surface area contributed by atoms with Gasteiger partial charge in [0.15, 0.2) is 15.5 Å². The van der Waals surface area contributed by atoms with E-state index < -0.39 is 9.84 Å². The number of pyridine rings is 1. The number of benzene rings is 1. The number of hydrogen-bond acceptors (Lipinski definition) is 9. The molecule has 0 spiro atoms. The number of carbonyl (C=O) groups excluding carboxylic acids is 1. The van der Waals surface area contributed by atoms with E-state index in [1.807, 2.05) is 17.0 Å². The summed E-state index contributed by atoms with van der Waals surface area (Å²) in [5.74, 6) is 1.20. The molecule has 1 fully saturated rings. The Labute approximate surface area is 246 Å². The lowest BCUT2D eigenvalue weighted by molar-refractivity contribution is 0.0590. The molecule has 3 aromatic heterocycles. The molecule has 0 unspecified atom stereocenters.